The molecule has 2 heterocycles. The monoisotopic (exact) mass is 218 g/mol. The predicted molar refractivity (Wildman–Crippen MR) is 49.5 cm³/mol. The summed E-state index contributed by atoms with van der Waals surface area (Å²) in [6.45, 7) is 0.225. The zero-order valence-corrected chi connectivity index (χ0v) is 7.99. The highest BCUT2D eigenvalue weighted by atomic mass is 16.5. The fourth-order valence-electron chi connectivity index (χ4n) is 1.21. The zero-order chi connectivity index (χ0) is 11.5. The molecule has 0 aliphatic rings. The Morgan fingerprint density at radius 3 is 3.12 bits per heavy atom. The van der Waals surface area contributed by atoms with E-state index >= 15 is 0 Å². The van der Waals surface area contributed by atoms with Gasteiger partial charge in [0, 0.05) is 18.5 Å². The fourth-order valence-corrected chi connectivity index (χ4v) is 1.21. The number of nitriles is 1. The van der Waals surface area contributed by atoms with E-state index in [1.54, 1.807) is 6.20 Å². The summed E-state index contributed by atoms with van der Waals surface area (Å²) in [6, 6.07) is 3.21. The Morgan fingerprint density at radius 2 is 2.50 bits per heavy atom. The molecule has 1 N–H and O–H groups in total. The third-order valence-electron chi connectivity index (χ3n) is 1.92. The molecule has 0 bridgehead atoms. The van der Waals surface area contributed by atoms with Crippen molar-refractivity contribution in [2.24, 2.45) is 0 Å². The van der Waals surface area contributed by atoms with Crippen LogP contribution in [0.15, 0.2) is 23.0 Å². The van der Waals surface area contributed by atoms with Gasteiger partial charge in [-0.1, -0.05) is 5.16 Å². The lowest BCUT2D eigenvalue weighted by Gasteiger charge is -1.97. The Morgan fingerprint density at radius 1 is 1.69 bits per heavy atom. The second-order valence-corrected chi connectivity index (χ2v) is 2.97. The molecule has 0 atom stereocenters. The molecule has 16 heavy (non-hydrogen) atoms. The highest BCUT2D eigenvalue weighted by Crippen LogP contribution is 2.07. The standard InChI is InChI=1S/C9H6N4O3/c10-4-8-11-1-2-13(8)5-6-3-7(9(14)15)12-16-6/h1-3H,5H2,(H,14,15). The van der Waals surface area contributed by atoms with E-state index in [0.717, 1.165) is 0 Å². The summed E-state index contributed by atoms with van der Waals surface area (Å²) in [7, 11) is 0. The minimum absolute atomic E-state index is 0.159. The minimum Gasteiger partial charge on any atom is -0.476 e. The van der Waals surface area contributed by atoms with Crippen LogP contribution < -0.4 is 0 Å². The Kier molecular flexibility index (Phi) is 2.39. The Balaban J connectivity index is 2.21. The van der Waals surface area contributed by atoms with Crippen molar-refractivity contribution in [2.45, 2.75) is 6.54 Å². The lowest BCUT2D eigenvalue weighted by atomic mass is 10.3. The third-order valence-corrected chi connectivity index (χ3v) is 1.92. The molecule has 0 saturated carbocycles. The number of hydrogen-bond donors (Lipinski definition) is 1. The maximum atomic E-state index is 10.5. The number of carbonyl (C=O) groups is 1. The smallest absolute Gasteiger partial charge is 0.358 e. The van der Waals surface area contributed by atoms with Gasteiger partial charge in [0.25, 0.3) is 0 Å². The minimum atomic E-state index is -1.15. The van der Waals surface area contributed by atoms with Crippen LogP contribution in [0.3, 0.4) is 0 Å². The second kappa shape index (κ2) is 3.86. The van der Waals surface area contributed by atoms with Gasteiger partial charge in [0.2, 0.25) is 5.82 Å². The molecule has 0 aliphatic carbocycles. The average molecular weight is 218 g/mol. The lowest BCUT2D eigenvalue weighted by molar-refractivity contribution is 0.0685. The fraction of sp³-hybridized carbons (Fsp3) is 0.111. The number of nitrogens with zero attached hydrogens (tertiary/aromatic N) is 4. The molecule has 7 nitrogen and oxygen atoms in total. The summed E-state index contributed by atoms with van der Waals surface area (Å²) in [4.78, 5) is 14.3. The molecule has 80 valence electrons. The van der Waals surface area contributed by atoms with Crippen molar-refractivity contribution in [1.82, 2.24) is 14.7 Å². The summed E-state index contributed by atoms with van der Waals surface area (Å²) in [5.41, 5.74) is -0.159. The largest absolute Gasteiger partial charge is 0.476 e. The predicted octanol–water partition coefficient (Wildman–Crippen LogP) is 0.489. The maximum Gasteiger partial charge on any atom is 0.358 e. The van der Waals surface area contributed by atoms with Crippen molar-refractivity contribution in [2.75, 3.05) is 0 Å². The van der Waals surface area contributed by atoms with Crippen LogP contribution in [0.1, 0.15) is 22.1 Å². The van der Waals surface area contributed by atoms with Gasteiger partial charge < -0.3 is 14.2 Å². The SMILES string of the molecule is N#Cc1nccn1Cc1cc(C(=O)O)no1. The van der Waals surface area contributed by atoms with Crippen molar-refractivity contribution < 1.29 is 14.4 Å². The van der Waals surface area contributed by atoms with Crippen LogP contribution in [-0.4, -0.2) is 25.8 Å². The highest BCUT2D eigenvalue weighted by molar-refractivity contribution is 5.85. The van der Waals surface area contributed by atoms with Crippen LogP contribution in [0, 0.1) is 11.3 Å². The van der Waals surface area contributed by atoms with Crippen molar-refractivity contribution in [1.29, 1.82) is 5.26 Å². The first kappa shape index (κ1) is 9.92. The zero-order valence-electron chi connectivity index (χ0n) is 7.99. The van der Waals surface area contributed by atoms with E-state index < -0.39 is 5.97 Å². The number of aromatic nitrogens is 3. The van der Waals surface area contributed by atoms with Gasteiger partial charge in [-0.15, -0.1) is 0 Å². The quantitative estimate of drug-likeness (QED) is 0.803. The molecular formula is C9H6N4O3. The van der Waals surface area contributed by atoms with E-state index in [4.69, 9.17) is 14.9 Å². The van der Waals surface area contributed by atoms with Crippen molar-refractivity contribution in [3.63, 3.8) is 0 Å². The molecule has 0 fully saturated rings. The molecular weight excluding hydrogens is 212 g/mol. The molecule has 0 aliphatic heterocycles. The van der Waals surface area contributed by atoms with Gasteiger partial charge in [-0.3, -0.25) is 0 Å². The van der Waals surface area contributed by atoms with Gasteiger partial charge >= 0.3 is 5.97 Å². The van der Waals surface area contributed by atoms with Gasteiger partial charge in [0.05, 0.1) is 6.54 Å². The van der Waals surface area contributed by atoms with E-state index in [1.165, 1.54) is 16.8 Å². The normalized spacial score (nSPS) is 9.94. The van der Waals surface area contributed by atoms with Crippen LogP contribution in [0.4, 0.5) is 0 Å². The number of carboxylic acids is 1. The van der Waals surface area contributed by atoms with E-state index in [-0.39, 0.29) is 18.1 Å². The van der Waals surface area contributed by atoms with Gasteiger partial charge in [-0.05, 0) is 0 Å². The summed E-state index contributed by atoms with van der Waals surface area (Å²) in [5.74, 6) is -0.568. The first-order valence-electron chi connectivity index (χ1n) is 4.31. The van der Waals surface area contributed by atoms with Crippen LogP contribution in [-0.2, 0) is 6.54 Å². The molecule has 2 aromatic rings. The summed E-state index contributed by atoms with van der Waals surface area (Å²) < 4.78 is 6.34. The van der Waals surface area contributed by atoms with Crippen molar-refractivity contribution >= 4 is 5.97 Å². The number of hydrogen-bond acceptors (Lipinski definition) is 5. The Hall–Kier alpha value is -2.62. The first-order valence-corrected chi connectivity index (χ1v) is 4.31. The molecule has 0 radical (unpaired) electrons. The summed E-state index contributed by atoms with van der Waals surface area (Å²) >= 11 is 0. The number of rotatable bonds is 3. The number of carboxylic acid groups (broad SMARTS) is 1. The molecule has 0 saturated heterocycles. The molecule has 2 rings (SSSR count). The lowest BCUT2D eigenvalue weighted by Crippen LogP contribution is -2.00. The van der Waals surface area contributed by atoms with Gasteiger partial charge in [0.1, 0.15) is 6.07 Å². The molecule has 7 heteroatoms. The van der Waals surface area contributed by atoms with Crippen LogP contribution in [0.2, 0.25) is 0 Å². The van der Waals surface area contributed by atoms with Gasteiger partial charge in [0.15, 0.2) is 11.5 Å². The molecule has 0 spiro atoms. The molecule has 2 aromatic heterocycles. The third kappa shape index (κ3) is 1.76. The van der Waals surface area contributed by atoms with E-state index in [1.807, 2.05) is 6.07 Å². The summed E-state index contributed by atoms with van der Waals surface area (Å²) in [5, 5.41) is 20.7. The van der Waals surface area contributed by atoms with Gasteiger partial charge in [-0.25, -0.2) is 9.78 Å². The van der Waals surface area contributed by atoms with E-state index in [9.17, 15) is 4.79 Å². The van der Waals surface area contributed by atoms with Crippen LogP contribution in [0.25, 0.3) is 0 Å². The van der Waals surface area contributed by atoms with E-state index in [2.05, 4.69) is 10.1 Å². The van der Waals surface area contributed by atoms with Crippen molar-refractivity contribution in [3.8, 4) is 6.07 Å². The summed E-state index contributed by atoms with van der Waals surface area (Å²) in [6.07, 6.45) is 3.08. The first-order chi connectivity index (χ1) is 7.70. The molecule has 0 unspecified atom stereocenters. The average Bonchev–Trinajstić information content (AvgIpc) is 2.87. The topological polar surface area (TPSA) is 105 Å². The molecule has 0 amide bonds. The second-order valence-electron chi connectivity index (χ2n) is 2.97. The molecule has 0 aromatic carbocycles. The number of imidazole rings is 1. The van der Waals surface area contributed by atoms with Crippen LogP contribution in [0.5, 0.6) is 0 Å². The maximum absolute atomic E-state index is 10.5. The highest BCUT2D eigenvalue weighted by Gasteiger charge is 2.12. The van der Waals surface area contributed by atoms with Gasteiger partial charge in [-0.2, -0.15) is 5.26 Å². The van der Waals surface area contributed by atoms with Crippen LogP contribution >= 0.6 is 0 Å². The van der Waals surface area contributed by atoms with E-state index in [0.29, 0.717) is 5.76 Å². The Labute approximate surface area is 89.5 Å². The van der Waals surface area contributed by atoms with Crippen molar-refractivity contribution in [3.05, 3.63) is 35.7 Å². The Bertz CT molecular complexity index is 563. The number of aromatic carboxylic acids is 1.